The van der Waals surface area contributed by atoms with Crippen LogP contribution in [0.5, 0.6) is 0 Å². The average molecular weight is 312 g/mol. The third kappa shape index (κ3) is 3.30. The summed E-state index contributed by atoms with van der Waals surface area (Å²) in [6.07, 6.45) is -0.807. The van der Waals surface area contributed by atoms with Crippen molar-refractivity contribution in [1.82, 2.24) is 9.80 Å². The molecular formula is C17H23F3N2. The van der Waals surface area contributed by atoms with Gasteiger partial charge in [-0.05, 0) is 63.0 Å². The minimum atomic E-state index is -4.26. The summed E-state index contributed by atoms with van der Waals surface area (Å²) in [6.45, 7) is 4.47. The van der Waals surface area contributed by atoms with Gasteiger partial charge in [-0.1, -0.05) is 18.2 Å². The topological polar surface area (TPSA) is 6.48 Å². The average Bonchev–Trinajstić information content (AvgIpc) is 2.85. The van der Waals surface area contributed by atoms with E-state index in [2.05, 4.69) is 16.8 Å². The number of halogens is 3. The first-order chi connectivity index (χ1) is 10.4. The van der Waals surface area contributed by atoms with Crippen LogP contribution in [-0.2, 0) is 12.7 Å². The molecule has 2 nitrogen and oxygen atoms in total. The van der Waals surface area contributed by atoms with Crippen LogP contribution in [0, 0.1) is 5.41 Å². The molecule has 2 fully saturated rings. The van der Waals surface area contributed by atoms with Gasteiger partial charge in [-0.3, -0.25) is 4.90 Å². The smallest absolute Gasteiger partial charge is 0.306 e. The van der Waals surface area contributed by atoms with Gasteiger partial charge in [-0.25, -0.2) is 0 Å². The Bertz CT molecular complexity index is 519. The highest BCUT2D eigenvalue weighted by Gasteiger charge is 2.40. The number of hydrogen-bond acceptors (Lipinski definition) is 2. The predicted molar refractivity (Wildman–Crippen MR) is 80.5 cm³/mol. The molecule has 0 amide bonds. The van der Waals surface area contributed by atoms with Crippen LogP contribution in [0.3, 0.4) is 0 Å². The minimum absolute atomic E-state index is 0.333. The van der Waals surface area contributed by atoms with Crippen molar-refractivity contribution in [3.63, 3.8) is 0 Å². The minimum Gasteiger partial charge on any atom is -0.306 e. The van der Waals surface area contributed by atoms with Crippen molar-refractivity contribution in [3.8, 4) is 0 Å². The molecule has 0 unspecified atom stereocenters. The predicted octanol–water partition coefficient (Wildman–Crippen LogP) is 3.62. The summed E-state index contributed by atoms with van der Waals surface area (Å²) < 4.78 is 39.3. The Balaban J connectivity index is 1.68. The van der Waals surface area contributed by atoms with Crippen LogP contribution in [-0.4, -0.2) is 43.0 Å². The van der Waals surface area contributed by atoms with Gasteiger partial charge in [0.2, 0.25) is 0 Å². The molecule has 0 saturated carbocycles. The fourth-order valence-corrected chi connectivity index (χ4v) is 3.84. The Labute approximate surface area is 129 Å². The maximum absolute atomic E-state index is 13.1. The monoisotopic (exact) mass is 312 g/mol. The zero-order chi connectivity index (χ0) is 15.8. The largest absolute Gasteiger partial charge is 0.416 e. The highest BCUT2D eigenvalue weighted by Crippen LogP contribution is 2.41. The molecule has 5 heteroatoms. The second-order valence-electron chi connectivity index (χ2n) is 6.92. The van der Waals surface area contributed by atoms with E-state index in [1.54, 1.807) is 12.1 Å². The Kier molecular flexibility index (Phi) is 4.21. The quantitative estimate of drug-likeness (QED) is 0.823. The van der Waals surface area contributed by atoms with E-state index in [-0.39, 0.29) is 0 Å². The van der Waals surface area contributed by atoms with Crippen molar-refractivity contribution >= 4 is 0 Å². The van der Waals surface area contributed by atoms with Gasteiger partial charge in [0.1, 0.15) is 0 Å². The molecule has 0 N–H and O–H groups in total. The number of likely N-dealkylation sites (tertiary alicyclic amines) is 2. The van der Waals surface area contributed by atoms with E-state index in [0.717, 1.165) is 32.6 Å². The van der Waals surface area contributed by atoms with Gasteiger partial charge in [-0.15, -0.1) is 0 Å². The molecule has 0 aliphatic carbocycles. The van der Waals surface area contributed by atoms with Crippen LogP contribution in [0.2, 0.25) is 0 Å². The third-order valence-corrected chi connectivity index (χ3v) is 5.28. The lowest BCUT2D eigenvalue weighted by Gasteiger charge is -2.37. The molecule has 0 aromatic heterocycles. The van der Waals surface area contributed by atoms with Crippen molar-refractivity contribution in [2.24, 2.45) is 5.41 Å². The normalized spacial score (nSPS) is 23.3. The van der Waals surface area contributed by atoms with E-state index in [1.165, 1.54) is 25.0 Å². The zero-order valence-electron chi connectivity index (χ0n) is 13.0. The zero-order valence-corrected chi connectivity index (χ0v) is 13.0. The first kappa shape index (κ1) is 15.8. The van der Waals surface area contributed by atoms with Gasteiger partial charge in [0.15, 0.2) is 0 Å². The molecule has 2 heterocycles. The summed E-state index contributed by atoms with van der Waals surface area (Å²) in [7, 11) is 2.14. The lowest BCUT2D eigenvalue weighted by atomic mass is 9.78. The maximum Gasteiger partial charge on any atom is 0.416 e. The molecule has 2 saturated heterocycles. The molecule has 0 atom stereocenters. The highest BCUT2D eigenvalue weighted by atomic mass is 19.4. The van der Waals surface area contributed by atoms with Gasteiger partial charge in [0, 0.05) is 13.1 Å². The molecular weight excluding hydrogens is 289 g/mol. The highest BCUT2D eigenvalue weighted by molar-refractivity contribution is 5.29. The number of alkyl halides is 3. The van der Waals surface area contributed by atoms with E-state index >= 15 is 0 Å². The molecule has 0 radical (unpaired) electrons. The van der Waals surface area contributed by atoms with Crippen molar-refractivity contribution in [3.05, 3.63) is 35.4 Å². The summed E-state index contributed by atoms with van der Waals surface area (Å²) in [5, 5.41) is 0. The Morgan fingerprint density at radius 1 is 1.05 bits per heavy atom. The van der Waals surface area contributed by atoms with Crippen LogP contribution in [0.4, 0.5) is 13.2 Å². The summed E-state index contributed by atoms with van der Waals surface area (Å²) in [4.78, 5) is 4.54. The van der Waals surface area contributed by atoms with Crippen LogP contribution in [0.15, 0.2) is 24.3 Å². The van der Waals surface area contributed by atoms with E-state index < -0.39 is 11.7 Å². The summed E-state index contributed by atoms with van der Waals surface area (Å²) in [6, 6.07) is 5.97. The number of rotatable bonds is 2. The number of hydrogen-bond donors (Lipinski definition) is 0. The lowest BCUT2D eigenvalue weighted by Crippen LogP contribution is -2.39. The molecule has 3 rings (SSSR count). The second kappa shape index (κ2) is 5.85. The van der Waals surface area contributed by atoms with Crippen molar-refractivity contribution in [2.45, 2.75) is 32.0 Å². The maximum atomic E-state index is 13.1. The van der Waals surface area contributed by atoms with E-state index in [0.29, 0.717) is 17.5 Å². The molecule has 2 aliphatic rings. The summed E-state index contributed by atoms with van der Waals surface area (Å²) in [5.74, 6) is 0. The van der Waals surface area contributed by atoms with Crippen molar-refractivity contribution in [2.75, 3.05) is 33.2 Å². The van der Waals surface area contributed by atoms with E-state index in [9.17, 15) is 13.2 Å². The van der Waals surface area contributed by atoms with Crippen molar-refractivity contribution in [1.29, 1.82) is 0 Å². The first-order valence-corrected chi connectivity index (χ1v) is 7.94. The third-order valence-electron chi connectivity index (χ3n) is 5.28. The van der Waals surface area contributed by atoms with Gasteiger partial charge in [0.05, 0.1) is 5.56 Å². The Morgan fingerprint density at radius 2 is 1.68 bits per heavy atom. The van der Waals surface area contributed by atoms with Gasteiger partial charge in [0.25, 0.3) is 0 Å². The fraction of sp³-hybridized carbons (Fsp3) is 0.647. The Morgan fingerprint density at radius 3 is 2.36 bits per heavy atom. The molecule has 22 heavy (non-hydrogen) atoms. The SMILES string of the molecule is CN1CCC2(CC1)CCN(Cc1ccccc1C(F)(F)F)C2. The van der Waals surface area contributed by atoms with Crippen molar-refractivity contribution < 1.29 is 13.2 Å². The standard InChI is InChI=1S/C17H23F3N2/c1-21-9-6-16(7-10-21)8-11-22(13-16)12-14-4-2-3-5-15(14)17(18,19)20/h2-5H,6-13H2,1H3. The summed E-state index contributed by atoms with van der Waals surface area (Å²) >= 11 is 0. The van der Waals surface area contributed by atoms with Gasteiger partial charge < -0.3 is 4.90 Å². The Hall–Kier alpha value is -1.07. The van der Waals surface area contributed by atoms with Crippen LogP contribution in [0.25, 0.3) is 0 Å². The van der Waals surface area contributed by atoms with E-state index in [1.807, 2.05) is 0 Å². The molecule has 1 aromatic carbocycles. The second-order valence-corrected chi connectivity index (χ2v) is 6.92. The van der Waals surface area contributed by atoms with E-state index in [4.69, 9.17) is 0 Å². The number of piperidine rings is 1. The van der Waals surface area contributed by atoms with Gasteiger partial charge in [-0.2, -0.15) is 13.2 Å². The fourth-order valence-electron chi connectivity index (χ4n) is 3.84. The van der Waals surface area contributed by atoms with Crippen LogP contribution in [0.1, 0.15) is 30.4 Å². The van der Waals surface area contributed by atoms with Crippen LogP contribution < -0.4 is 0 Å². The number of benzene rings is 1. The first-order valence-electron chi connectivity index (χ1n) is 7.94. The van der Waals surface area contributed by atoms with Crippen LogP contribution >= 0.6 is 0 Å². The molecule has 1 aromatic rings. The number of nitrogens with zero attached hydrogens (tertiary/aromatic N) is 2. The molecule has 122 valence electrons. The van der Waals surface area contributed by atoms with Gasteiger partial charge >= 0.3 is 6.18 Å². The molecule has 0 bridgehead atoms. The molecule has 2 aliphatic heterocycles. The summed E-state index contributed by atoms with van der Waals surface area (Å²) in [5.41, 5.74) is 0.249. The molecule has 1 spiro atoms. The lowest BCUT2D eigenvalue weighted by molar-refractivity contribution is -0.138.